The predicted molar refractivity (Wildman–Crippen MR) is 355 cm³/mol. The van der Waals surface area contributed by atoms with Crippen LogP contribution in [0, 0.1) is 0 Å². The number of unbranched alkanes of at least 4 members (excludes halogenated alkanes) is 48. The summed E-state index contributed by atoms with van der Waals surface area (Å²) in [4.78, 5) is 13.3. The number of nitrogens with one attached hydrogen (secondary N) is 1. The van der Waals surface area contributed by atoms with Crippen LogP contribution in [0.4, 0.5) is 0 Å². The molecule has 2 rings (SSSR count). The molecule has 0 saturated carbocycles. The van der Waals surface area contributed by atoms with E-state index in [1.165, 1.54) is 276 Å². The molecule has 1 amide bonds. The number of amides is 1. The van der Waals surface area contributed by atoms with Crippen LogP contribution in [0.5, 0.6) is 0 Å². The smallest absolute Gasteiger partial charge is 0.220 e. The van der Waals surface area contributed by atoms with E-state index in [1.807, 2.05) is 0 Å². The van der Waals surface area contributed by atoms with E-state index >= 15 is 0 Å². The van der Waals surface area contributed by atoms with Gasteiger partial charge in [0.2, 0.25) is 5.91 Å². The lowest BCUT2D eigenvalue weighted by Crippen LogP contribution is -2.65. The van der Waals surface area contributed by atoms with Crippen LogP contribution in [-0.4, -0.2) is 140 Å². The van der Waals surface area contributed by atoms with Crippen LogP contribution in [0.15, 0.2) is 12.2 Å². The number of rotatable bonds is 63. The van der Waals surface area contributed by atoms with Crippen molar-refractivity contribution in [3.63, 3.8) is 0 Å². The van der Waals surface area contributed by atoms with Gasteiger partial charge in [0.05, 0.1) is 32.0 Å². The molecule has 0 aliphatic carbocycles. The number of carbonyl (C=O) groups is 1. The number of allylic oxidation sites excluding steroid dienone is 2. The fraction of sp³-hybridized carbons (Fsp3) is 0.959. The van der Waals surface area contributed by atoms with E-state index in [-0.39, 0.29) is 12.5 Å². The Hall–Kier alpha value is -1.27. The number of ether oxygens (including phenoxy) is 4. The second kappa shape index (κ2) is 58.5. The third kappa shape index (κ3) is 42.6. The summed E-state index contributed by atoms with van der Waals surface area (Å²) in [6.07, 6.45) is 55.6. The molecule has 0 radical (unpaired) electrons. The molecule has 2 fully saturated rings. The Morgan fingerprint density at radius 3 is 1.09 bits per heavy atom. The highest BCUT2D eigenvalue weighted by atomic mass is 16.7. The van der Waals surface area contributed by atoms with Gasteiger partial charge >= 0.3 is 0 Å². The highest BCUT2D eigenvalue weighted by Gasteiger charge is 2.51. The molecule has 0 spiro atoms. The van der Waals surface area contributed by atoms with Crippen molar-refractivity contribution < 1.29 is 64.6 Å². The summed E-state index contributed by atoms with van der Waals surface area (Å²) in [5.74, 6) is -0.199. The number of aliphatic hydroxyl groups is 8. The molecule has 12 atom stereocenters. The maximum absolute atomic E-state index is 13.3. The molecule has 14 nitrogen and oxygen atoms in total. The molecule has 9 N–H and O–H groups in total. The number of aliphatic hydroxyl groups excluding tert-OH is 8. The van der Waals surface area contributed by atoms with Gasteiger partial charge in [-0.3, -0.25) is 4.79 Å². The molecule has 0 aromatic rings. The fourth-order valence-electron chi connectivity index (χ4n) is 12.8. The SMILES string of the molecule is CCCCCCCCCC/C=C\CCCCCCCCCCCCCCCCCCCCCCCCCCCCCC(=O)NC(COC1OC(CO)C(OC2OC(CO)C(O)C(O)C2O)C(O)C1O)C(O)CCCCCCCCCCCCCCCC. The van der Waals surface area contributed by atoms with Gasteiger partial charge in [0.15, 0.2) is 12.6 Å². The lowest BCUT2D eigenvalue weighted by molar-refractivity contribution is -0.359. The van der Waals surface area contributed by atoms with Crippen molar-refractivity contribution in [2.45, 2.75) is 428 Å². The molecule has 516 valence electrons. The summed E-state index contributed by atoms with van der Waals surface area (Å²) >= 11 is 0. The van der Waals surface area contributed by atoms with Gasteiger partial charge in [0, 0.05) is 6.42 Å². The minimum Gasteiger partial charge on any atom is -0.394 e. The van der Waals surface area contributed by atoms with Crippen molar-refractivity contribution in [3.05, 3.63) is 12.2 Å². The monoisotopic (exact) mass is 1240 g/mol. The highest BCUT2D eigenvalue weighted by molar-refractivity contribution is 5.76. The summed E-state index contributed by atoms with van der Waals surface area (Å²) in [5.41, 5.74) is 0. The van der Waals surface area contributed by atoms with Gasteiger partial charge in [0.1, 0.15) is 48.8 Å². The van der Waals surface area contributed by atoms with Crippen molar-refractivity contribution in [3.8, 4) is 0 Å². The maximum atomic E-state index is 13.3. The molecule has 2 saturated heterocycles. The first-order valence-electron chi connectivity index (χ1n) is 37.4. The van der Waals surface area contributed by atoms with Crippen molar-refractivity contribution in [2.24, 2.45) is 0 Å². The molecule has 2 heterocycles. The third-order valence-corrected chi connectivity index (χ3v) is 18.7. The van der Waals surface area contributed by atoms with Crippen LogP contribution in [0.1, 0.15) is 354 Å². The summed E-state index contributed by atoms with van der Waals surface area (Å²) in [5, 5.41) is 87.5. The lowest BCUT2D eigenvalue weighted by atomic mass is 9.97. The van der Waals surface area contributed by atoms with E-state index in [4.69, 9.17) is 18.9 Å². The van der Waals surface area contributed by atoms with Crippen molar-refractivity contribution in [2.75, 3.05) is 19.8 Å². The van der Waals surface area contributed by atoms with Gasteiger partial charge < -0.3 is 65.1 Å². The normalized spacial score (nSPS) is 23.2. The van der Waals surface area contributed by atoms with Crippen LogP contribution in [0.25, 0.3) is 0 Å². The average Bonchev–Trinajstić information content (AvgIpc) is 2.05. The number of carbonyl (C=O) groups excluding carboxylic acids is 1. The van der Waals surface area contributed by atoms with Crippen LogP contribution >= 0.6 is 0 Å². The second-order valence-electron chi connectivity index (χ2n) is 26.8. The van der Waals surface area contributed by atoms with Crippen LogP contribution in [0.3, 0.4) is 0 Å². The number of hydrogen-bond donors (Lipinski definition) is 9. The molecule has 12 unspecified atom stereocenters. The van der Waals surface area contributed by atoms with E-state index in [0.29, 0.717) is 12.8 Å². The largest absolute Gasteiger partial charge is 0.394 e. The Bertz CT molecular complexity index is 1510. The Morgan fingerprint density at radius 1 is 0.402 bits per heavy atom. The van der Waals surface area contributed by atoms with Crippen LogP contribution in [0.2, 0.25) is 0 Å². The molecule has 2 aliphatic heterocycles. The third-order valence-electron chi connectivity index (χ3n) is 18.7. The summed E-state index contributed by atoms with van der Waals surface area (Å²) in [6.45, 7) is 2.91. The summed E-state index contributed by atoms with van der Waals surface area (Å²) in [6, 6.07) is -0.824. The minimum absolute atomic E-state index is 0.199. The van der Waals surface area contributed by atoms with Gasteiger partial charge in [-0.25, -0.2) is 0 Å². The second-order valence-corrected chi connectivity index (χ2v) is 26.8. The zero-order valence-corrected chi connectivity index (χ0v) is 56.3. The molecule has 0 aromatic carbocycles. The van der Waals surface area contributed by atoms with Crippen LogP contribution < -0.4 is 5.32 Å². The van der Waals surface area contributed by atoms with E-state index in [2.05, 4.69) is 31.3 Å². The predicted octanol–water partition coefficient (Wildman–Crippen LogP) is 15.7. The van der Waals surface area contributed by atoms with E-state index in [9.17, 15) is 45.6 Å². The molecular weight excluding hydrogens is 1100 g/mol. The zero-order valence-electron chi connectivity index (χ0n) is 56.3. The first kappa shape index (κ1) is 81.8. The fourth-order valence-corrected chi connectivity index (χ4v) is 12.8. The molecular formula is C73H141NO13. The van der Waals surface area contributed by atoms with E-state index < -0.39 is 86.8 Å². The Morgan fingerprint density at radius 2 is 0.724 bits per heavy atom. The first-order chi connectivity index (χ1) is 42.6. The summed E-state index contributed by atoms with van der Waals surface area (Å²) < 4.78 is 22.9. The molecule has 2 aliphatic rings. The lowest BCUT2D eigenvalue weighted by Gasteiger charge is -2.46. The maximum Gasteiger partial charge on any atom is 0.220 e. The first-order valence-corrected chi connectivity index (χ1v) is 37.4. The Kier molecular flexibility index (Phi) is 55.1. The highest BCUT2D eigenvalue weighted by Crippen LogP contribution is 2.30. The average molecular weight is 1240 g/mol. The van der Waals surface area contributed by atoms with E-state index in [0.717, 1.165) is 51.4 Å². The Labute approximate surface area is 533 Å². The van der Waals surface area contributed by atoms with Gasteiger partial charge in [-0.15, -0.1) is 0 Å². The quantitative estimate of drug-likeness (QED) is 0.0204. The molecule has 0 bridgehead atoms. The van der Waals surface area contributed by atoms with Crippen LogP contribution in [-0.2, 0) is 23.7 Å². The van der Waals surface area contributed by atoms with E-state index in [1.54, 1.807) is 0 Å². The van der Waals surface area contributed by atoms with Crippen molar-refractivity contribution in [1.29, 1.82) is 0 Å². The molecule has 14 heteroatoms. The zero-order chi connectivity index (χ0) is 63.1. The van der Waals surface area contributed by atoms with Gasteiger partial charge in [-0.2, -0.15) is 0 Å². The van der Waals surface area contributed by atoms with Gasteiger partial charge in [-0.1, -0.05) is 321 Å². The van der Waals surface area contributed by atoms with Gasteiger partial charge in [0.25, 0.3) is 0 Å². The number of hydrogen-bond acceptors (Lipinski definition) is 13. The topological polar surface area (TPSA) is 228 Å². The summed E-state index contributed by atoms with van der Waals surface area (Å²) in [7, 11) is 0. The standard InChI is InChI=1S/C73H141NO13/c1-3-5-7-9-11-13-15-17-19-20-21-22-23-24-25-26-27-28-29-30-31-32-33-34-35-36-37-38-39-40-41-42-43-45-47-49-51-53-55-57-65(78)74-61(62(77)56-54-52-50-48-46-44-18-16-14-12-10-8-6-4-2)60-84-72-70(83)68(81)71(64(59-76)86-72)87-73-69(82)67(80)66(79)63(58-75)85-73/h20-21,61-64,66-73,75-77,79-83H,3-19,22-60H2,1-2H3,(H,74,78)/b21-20-. The molecule has 87 heavy (non-hydrogen) atoms. The van der Waals surface area contributed by atoms with Crippen molar-refractivity contribution >= 4 is 5.91 Å². The molecule has 0 aromatic heterocycles. The Balaban J connectivity index is 1.53. The minimum atomic E-state index is -1.78. The van der Waals surface area contributed by atoms with Gasteiger partial charge in [-0.05, 0) is 38.5 Å². The van der Waals surface area contributed by atoms with Crippen molar-refractivity contribution in [1.82, 2.24) is 5.32 Å².